The van der Waals surface area contributed by atoms with E-state index in [0.29, 0.717) is 11.3 Å². The average molecular weight is 387 g/mol. The quantitative estimate of drug-likeness (QED) is 0.740. The highest BCUT2D eigenvalue weighted by Gasteiger charge is 2.31. The van der Waals surface area contributed by atoms with Gasteiger partial charge in [0.25, 0.3) is 0 Å². The van der Waals surface area contributed by atoms with Gasteiger partial charge in [0.1, 0.15) is 0 Å². The van der Waals surface area contributed by atoms with Crippen LogP contribution >= 0.6 is 0 Å². The Labute approximate surface area is 160 Å². The summed E-state index contributed by atoms with van der Waals surface area (Å²) in [6.45, 7) is 3.42. The number of likely N-dealkylation sites (N-methyl/N-ethyl adjacent to an activating group) is 1. The SMILES string of the molecule is CN1CCN(c2n[nH]c(-c3cccc(C(F)(F)F)c3)c2-c2ccncc2)CC1. The first-order valence-electron chi connectivity index (χ1n) is 9.03. The number of H-pyrrole nitrogens is 1. The molecule has 8 heteroatoms. The van der Waals surface area contributed by atoms with Crippen LogP contribution < -0.4 is 4.90 Å². The topological polar surface area (TPSA) is 48.0 Å². The number of nitrogens with one attached hydrogen (secondary N) is 1. The van der Waals surface area contributed by atoms with E-state index in [1.807, 2.05) is 12.1 Å². The second-order valence-corrected chi connectivity index (χ2v) is 6.90. The molecule has 28 heavy (non-hydrogen) atoms. The number of rotatable bonds is 3. The molecule has 1 aliphatic rings. The van der Waals surface area contributed by atoms with E-state index in [4.69, 9.17) is 0 Å². The molecule has 146 valence electrons. The minimum atomic E-state index is -4.40. The normalized spacial score (nSPS) is 15.8. The molecule has 0 unspecified atom stereocenters. The molecule has 1 N–H and O–H groups in total. The van der Waals surface area contributed by atoms with Crippen LogP contribution in [0.2, 0.25) is 0 Å². The van der Waals surface area contributed by atoms with Gasteiger partial charge >= 0.3 is 6.18 Å². The molecule has 2 aromatic heterocycles. The monoisotopic (exact) mass is 387 g/mol. The predicted molar refractivity (Wildman–Crippen MR) is 102 cm³/mol. The number of pyridine rings is 1. The number of benzene rings is 1. The Balaban J connectivity index is 1.82. The molecule has 4 rings (SSSR count). The van der Waals surface area contributed by atoms with Crippen molar-refractivity contribution in [1.82, 2.24) is 20.1 Å². The molecule has 1 saturated heterocycles. The fourth-order valence-corrected chi connectivity index (χ4v) is 3.43. The van der Waals surface area contributed by atoms with Gasteiger partial charge in [-0.05, 0) is 36.9 Å². The second kappa shape index (κ2) is 7.27. The summed E-state index contributed by atoms with van der Waals surface area (Å²) in [5, 5.41) is 7.47. The molecule has 1 aromatic carbocycles. The molecule has 0 atom stereocenters. The van der Waals surface area contributed by atoms with Crippen molar-refractivity contribution in [3.05, 3.63) is 54.4 Å². The zero-order valence-corrected chi connectivity index (χ0v) is 15.4. The van der Waals surface area contributed by atoms with Gasteiger partial charge in [0, 0.05) is 44.1 Å². The minimum absolute atomic E-state index is 0.453. The van der Waals surface area contributed by atoms with Gasteiger partial charge in [0.2, 0.25) is 0 Å². The van der Waals surface area contributed by atoms with E-state index in [0.717, 1.165) is 55.3 Å². The maximum Gasteiger partial charge on any atom is 0.416 e. The number of hydrogen-bond donors (Lipinski definition) is 1. The Hall–Kier alpha value is -2.87. The van der Waals surface area contributed by atoms with Crippen molar-refractivity contribution < 1.29 is 13.2 Å². The van der Waals surface area contributed by atoms with Gasteiger partial charge in [-0.2, -0.15) is 18.3 Å². The van der Waals surface area contributed by atoms with Crippen molar-refractivity contribution in [3.63, 3.8) is 0 Å². The molecule has 0 amide bonds. The van der Waals surface area contributed by atoms with Gasteiger partial charge in [0.15, 0.2) is 5.82 Å². The predicted octanol–water partition coefficient (Wildman–Crippen LogP) is 3.91. The van der Waals surface area contributed by atoms with Gasteiger partial charge in [0.05, 0.1) is 16.8 Å². The maximum absolute atomic E-state index is 13.2. The minimum Gasteiger partial charge on any atom is -0.352 e. The Kier molecular flexibility index (Phi) is 4.80. The van der Waals surface area contributed by atoms with E-state index < -0.39 is 11.7 Å². The Bertz CT molecular complexity index is 944. The number of anilines is 1. The lowest BCUT2D eigenvalue weighted by Crippen LogP contribution is -2.44. The van der Waals surface area contributed by atoms with Gasteiger partial charge < -0.3 is 9.80 Å². The standard InChI is InChI=1S/C20H20F3N5/c1-27-9-11-28(12-10-27)19-17(14-5-7-24-8-6-14)18(25-26-19)15-3-2-4-16(13-15)20(21,22)23/h2-8,13H,9-12H2,1H3,(H,25,26). The molecule has 1 fully saturated rings. The van der Waals surface area contributed by atoms with Crippen molar-refractivity contribution >= 4 is 5.82 Å². The van der Waals surface area contributed by atoms with Crippen molar-refractivity contribution in [2.45, 2.75) is 6.18 Å². The molecule has 3 heterocycles. The molecule has 0 saturated carbocycles. The zero-order valence-electron chi connectivity index (χ0n) is 15.4. The van der Waals surface area contributed by atoms with Crippen LogP contribution in [-0.2, 0) is 6.18 Å². The van der Waals surface area contributed by atoms with Crippen LogP contribution in [0.15, 0.2) is 48.8 Å². The highest BCUT2D eigenvalue weighted by molar-refractivity contribution is 5.89. The van der Waals surface area contributed by atoms with Gasteiger partial charge in [-0.25, -0.2) is 0 Å². The Morgan fingerprint density at radius 3 is 2.36 bits per heavy atom. The van der Waals surface area contributed by atoms with Crippen molar-refractivity contribution in [1.29, 1.82) is 0 Å². The first-order chi connectivity index (χ1) is 13.4. The molecule has 0 radical (unpaired) electrons. The van der Waals surface area contributed by atoms with Crippen LogP contribution in [0.3, 0.4) is 0 Å². The van der Waals surface area contributed by atoms with Gasteiger partial charge in [-0.1, -0.05) is 12.1 Å². The maximum atomic E-state index is 13.2. The van der Waals surface area contributed by atoms with Crippen molar-refractivity contribution in [2.24, 2.45) is 0 Å². The lowest BCUT2D eigenvalue weighted by Gasteiger charge is -2.33. The van der Waals surface area contributed by atoms with E-state index >= 15 is 0 Å². The summed E-state index contributed by atoms with van der Waals surface area (Å²) < 4.78 is 39.6. The number of aromatic nitrogens is 3. The van der Waals surface area contributed by atoms with Crippen LogP contribution in [0.4, 0.5) is 19.0 Å². The summed E-state index contributed by atoms with van der Waals surface area (Å²) >= 11 is 0. The van der Waals surface area contributed by atoms with E-state index in [9.17, 15) is 13.2 Å². The number of alkyl halides is 3. The van der Waals surface area contributed by atoms with Gasteiger partial charge in [-0.3, -0.25) is 10.1 Å². The lowest BCUT2D eigenvalue weighted by atomic mass is 9.99. The fraction of sp³-hybridized carbons (Fsp3) is 0.300. The molecule has 1 aliphatic heterocycles. The fourth-order valence-electron chi connectivity index (χ4n) is 3.43. The largest absolute Gasteiger partial charge is 0.416 e. The molecular weight excluding hydrogens is 367 g/mol. The van der Waals surface area contributed by atoms with E-state index in [1.165, 1.54) is 6.07 Å². The summed E-state index contributed by atoms with van der Waals surface area (Å²) in [6.07, 6.45) is -1.05. The summed E-state index contributed by atoms with van der Waals surface area (Å²) in [7, 11) is 2.07. The van der Waals surface area contributed by atoms with Crippen LogP contribution in [0.25, 0.3) is 22.4 Å². The average Bonchev–Trinajstić information content (AvgIpc) is 3.14. The third kappa shape index (κ3) is 3.60. The second-order valence-electron chi connectivity index (χ2n) is 6.90. The van der Waals surface area contributed by atoms with E-state index in [-0.39, 0.29) is 0 Å². The number of aromatic amines is 1. The Morgan fingerprint density at radius 2 is 1.68 bits per heavy atom. The van der Waals surface area contributed by atoms with Crippen LogP contribution in [0.1, 0.15) is 5.56 Å². The molecule has 0 bridgehead atoms. The molecule has 0 aliphatic carbocycles. The molecule has 0 spiro atoms. The molecular formula is C20H20F3N5. The van der Waals surface area contributed by atoms with Crippen molar-refractivity contribution in [3.8, 4) is 22.4 Å². The smallest absolute Gasteiger partial charge is 0.352 e. The summed E-state index contributed by atoms with van der Waals surface area (Å²) in [6, 6.07) is 9.02. The number of nitrogens with zero attached hydrogens (tertiary/aromatic N) is 4. The molecule has 3 aromatic rings. The molecule has 5 nitrogen and oxygen atoms in total. The highest BCUT2D eigenvalue weighted by Crippen LogP contribution is 2.39. The number of hydrogen-bond acceptors (Lipinski definition) is 4. The van der Waals surface area contributed by atoms with Crippen LogP contribution in [0.5, 0.6) is 0 Å². The highest BCUT2D eigenvalue weighted by atomic mass is 19.4. The number of halogens is 3. The summed E-state index contributed by atoms with van der Waals surface area (Å²) in [4.78, 5) is 8.47. The summed E-state index contributed by atoms with van der Waals surface area (Å²) in [5.74, 6) is 0.756. The third-order valence-electron chi connectivity index (χ3n) is 5.00. The first-order valence-corrected chi connectivity index (χ1v) is 9.03. The Morgan fingerprint density at radius 1 is 0.964 bits per heavy atom. The van der Waals surface area contributed by atoms with Crippen LogP contribution in [0, 0.1) is 0 Å². The number of piperazine rings is 1. The zero-order chi connectivity index (χ0) is 19.7. The van der Waals surface area contributed by atoms with Crippen LogP contribution in [-0.4, -0.2) is 53.3 Å². The first kappa shape index (κ1) is 18.5. The van der Waals surface area contributed by atoms with E-state index in [1.54, 1.807) is 18.5 Å². The lowest BCUT2D eigenvalue weighted by molar-refractivity contribution is -0.137. The summed E-state index contributed by atoms with van der Waals surface area (Å²) in [5.41, 5.74) is 2.01. The third-order valence-corrected chi connectivity index (χ3v) is 5.00. The van der Waals surface area contributed by atoms with Gasteiger partial charge in [-0.15, -0.1) is 0 Å². The van der Waals surface area contributed by atoms with Crippen molar-refractivity contribution in [2.75, 3.05) is 38.1 Å². The van der Waals surface area contributed by atoms with E-state index in [2.05, 4.69) is 32.0 Å².